The van der Waals surface area contributed by atoms with Crippen LogP contribution in [0.1, 0.15) is 0 Å². The number of rotatable bonds is 2. The first-order chi connectivity index (χ1) is 3.42. The highest BCUT2D eigenvalue weighted by atomic mass is 32.5. The molecule has 0 heterocycles. The Balaban J connectivity index is 3.56. The first-order valence-electron chi connectivity index (χ1n) is 1.49. The van der Waals surface area contributed by atoms with Gasteiger partial charge >= 0.3 is 0 Å². The van der Waals surface area contributed by atoms with E-state index in [1.807, 2.05) is 0 Å². The van der Waals surface area contributed by atoms with Crippen LogP contribution in [0.4, 0.5) is 16.8 Å². The van der Waals surface area contributed by atoms with Crippen LogP contribution in [0.5, 0.6) is 0 Å². The monoisotopic (exact) mass is 184 g/mol. The maximum atomic E-state index is 11.4. The fourth-order valence-electron chi connectivity index (χ4n) is 0.124. The molecule has 0 fully saturated rings. The summed E-state index contributed by atoms with van der Waals surface area (Å²) in [6.07, 6.45) is 0. The second-order valence-corrected chi connectivity index (χ2v) is 5.49. The third-order valence-electron chi connectivity index (χ3n) is 0.272. The molecule has 0 spiro atoms. The summed E-state index contributed by atoms with van der Waals surface area (Å²) in [6.45, 7) is -4.61. The molecule has 0 unspecified atom stereocenters. The minimum Gasteiger partial charge on any atom is -0.188 e. The van der Waals surface area contributed by atoms with Crippen LogP contribution < -0.4 is 0 Å². The zero-order valence-corrected chi connectivity index (χ0v) is 6.13. The van der Waals surface area contributed by atoms with Crippen molar-refractivity contribution in [1.29, 1.82) is 0 Å². The first kappa shape index (κ1) is 8.80. The van der Waals surface area contributed by atoms with Gasteiger partial charge in [-0.15, -0.1) is 0 Å². The quantitative estimate of drug-likeness (QED) is 0.467. The van der Waals surface area contributed by atoms with Gasteiger partial charge in [-0.2, -0.15) is 16.8 Å². The summed E-state index contributed by atoms with van der Waals surface area (Å²) in [7, 11) is -3.49. The van der Waals surface area contributed by atoms with Crippen LogP contribution in [0.15, 0.2) is 0 Å². The molecule has 0 radical (unpaired) electrons. The van der Waals surface area contributed by atoms with Crippen LogP contribution in [0.25, 0.3) is 0 Å². The summed E-state index contributed by atoms with van der Waals surface area (Å²) < 4.78 is 45.0. The Morgan fingerprint density at radius 2 is 1.75 bits per heavy atom. The van der Waals surface area contributed by atoms with E-state index in [-0.39, 0.29) is 0 Å². The number of hydrogen-bond acceptors (Lipinski definition) is 1. The Morgan fingerprint density at radius 1 is 1.38 bits per heavy atom. The molecule has 0 atom stereocenters. The molecule has 0 rings (SSSR count). The van der Waals surface area contributed by atoms with Crippen LogP contribution in [0, 0.1) is 0 Å². The summed E-state index contributed by atoms with van der Waals surface area (Å²) in [5.41, 5.74) is 0. The van der Waals surface area contributed by atoms with Crippen molar-refractivity contribution in [2.24, 2.45) is 0 Å². The highest BCUT2D eigenvalue weighted by Gasteiger charge is 2.20. The lowest BCUT2D eigenvalue weighted by molar-refractivity contribution is 0.724. The zero-order chi connectivity index (χ0) is 6.78. The molecule has 0 amide bonds. The minimum absolute atomic E-state index is 1.35. The molecule has 0 aromatic carbocycles. The Morgan fingerprint density at radius 3 is 1.75 bits per heavy atom. The first-order valence-corrected chi connectivity index (χ1v) is 5.57. The maximum Gasteiger partial charge on any atom is 0.282 e. The lowest BCUT2D eigenvalue weighted by Crippen LogP contribution is -1.65. The molecule has 0 aromatic heterocycles. The van der Waals surface area contributed by atoms with Gasteiger partial charge in [-0.1, -0.05) is 0 Å². The molecule has 0 nitrogen and oxygen atoms in total. The highest BCUT2D eigenvalue weighted by molar-refractivity contribution is 8.11. The van der Waals surface area contributed by atoms with E-state index in [1.54, 1.807) is 0 Å². The molecule has 0 aliphatic heterocycles. The Hall–Kier alpha value is 0.800. The third-order valence-corrected chi connectivity index (χ3v) is 3.48. The molecule has 0 N–H and O–H groups in total. The van der Waals surface area contributed by atoms with Gasteiger partial charge in [0.2, 0.25) is 0 Å². The number of hydrogen-bond donors (Lipinski definition) is 0. The normalized spacial score (nSPS) is 12.6. The molecule has 7 heteroatoms. The molecule has 0 aromatic rings. The SMILES string of the molecule is FP(F)CP(F)(F)=S. The van der Waals surface area contributed by atoms with Gasteiger partial charge in [0.15, 0.2) is 0 Å². The van der Waals surface area contributed by atoms with Crippen molar-refractivity contribution in [3.05, 3.63) is 0 Å². The predicted octanol–water partition coefficient (Wildman–Crippen LogP) is 3.44. The average molecular weight is 184 g/mol. The Labute approximate surface area is 50.5 Å². The minimum atomic E-state index is -4.61. The molecule has 0 aliphatic carbocycles. The fraction of sp³-hybridized carbons (Fsp3) is 1.00. The van der Waals surface area contributed by atoms with Crippen molar-refractivity contribution in [3.63, 3.8) is 0 Å². The van der Waals surface area contributed by atoms with E-state index in [9.17, 15) is 16.8 Å². The largest absolute Gasteiger partial charge is 0.282 e. The van der Waals surface area contributed by atoms with E-state index in [4.69, 9.17) is 0 Å². The van der Waals surface area contributed by atoms with E-state index >= 15 is 0 Å². The van der Waals surface area contributed by atoms with Crippen molar-refractivity contribution >= 4 is 27.0 Å². The van der Waals surface area contributed by atoms with Gasteiger partial charge in [0.25, 0.3) is 15.2 Å². The van der Waals surface area contributed by atoms with E-state index in [0.717, 1.165) is 0 Å². The molecule has 0 saturated heterocycles. The molecular weight excluding hydrogens is 182 g/mol. The standard InChI is InChI=1S/CH2F4P2S/c2-6(3)1-7(4,5)8/h1H2. The topological polar surface area (TPSA) is 0 Å². The second-order valence-electron chi connectivity index (χ2n) is 1.01. The molecule has 0 saturated carbocycles. The molecule has 0 aliphatic rings. The second kappa shape index (κ2) is 3.09. The van der Waals surface area contributed by atoms with Crippen LogP contribution >= 0.6 is 15.2 Å². The molecule has 8 heavy (non-hydrogen) atoms. The smallest absolute Gasteiger partial charge is 0.188 e. The summed E-state index contributed by atoms with van der Waals surface area (Å²) in [5.74, 6) is -1.35. The Kier molecular flexibility index (Phi) is 3.40. The van der Waals surface area contributed by atoms with Crippen molar-refractivity contribution in [2.75, 3.05) is 5.90 Å². The molecule has 50 valence electrons. The van der Waals surface area contributed by atoms with Crippen LogP contribution in [0.2, 0.25) is 0 Å². The van der Waals surface area contributed by atoms with Gasteiger partial charge < -0.3 is 0 Å². The van der Waals surface area contributed by atoms with E-state index in [0.29, 0.717) is 0 Å². The maximum absolute atomic E-state index is 11.4. The molecule has 0 bridgehead atoms. The fourth-order valence-corrected chi connectivity index (χ4v) is 1.91. The van der Waals surface area contributed by atoms with Gasteiger partial charge in [0, 0.05) is 0 Å². The number of halogens is 4. The van der Waals surface area contributed by atoms with Gasteiger partial charge in [0.05, 0.1) is 0 Å². The summed E-state index contributed by atoms with van der Waals surface area (Å²) in [6, 6.07) is 0. The summed E-state index contributed by atoms with van der Waals surface area (Å²) in [5, 5.41) is 0. The van der Waals surface area contributed by atoms with E-state index in [1.165, 1.54) is 0 Å². The third kappa shape index (κ3) is 6.80. The van der Waals surface area contributed by atoms with E-state index in [2.05, 4.69) is 11.8 Å². The van der Waals surface area contributed by atoms with Gasteiger partial charge in [-0.3, -0.25) is 0 Å². The summed E-state index contributed by atoms with van der Waals surface area (Å²) >= 11 is 3.48. The van der Waals surface area contributed by atoms with Gasteiger partial charge in [-0.25, -0.2) is 0 Å². The lowest BCUT2D eigenvalue weighted by Gasteiger charge is -1.96. The van der Waals surface area contributed by atoms with Crippen molar-refractivity contribution in [2.45, 2.75) is 0 Å². The van der Waals surface area contributed by atoms with Crippen LogP contribution in [-0.2, 0) is 11.8 Å². The Bertz CT molecular complexity index is 107. The summed E-state index contributed by atoms with van der Waals surface area (Å²) in [4.78, 5) is 0. The van der Waals surface area contributed by atoms with E-state index < -0.39 is 21.1 Å². The predicted molar refractivity (Wildman–Crippen MR) is 30.5 cm³/mol. The lowest BCUT2D eigenvalue weighted by atomic mass is 11.9. The highest BCUT2D eigenvalue weighted by Crippen LogP contribution is 2.60. The van der Waals surface area contributed by atoms with Crippen molar-refractivity contribution in [3.8, 4) is 0 Å². The molecular formula is CH2F4P2S. The van der Waals surface area contributed by atoms with Crippen molar-refractivity contribution < 1.29 is 16.8 Å². The van der Waals surface area contributed by atoms with Crippen LogP contribution in [0.3, 0.4) is 0 Å². The zero-order valence-electron chi connectivity index (χ0n) is 3.52. The van der Waals surface area contributed by atoms with Crippen LogP contribution in [-0.4, -0.2) is 5.90 Å². The average Bonchev–Trinajstić information content (AvgIpc) is 1.21. The van der Waals surface area contributed by atoms with Gasteiger partial charge in [0.1, 0.15) is 5.90 Å². The van der Waals surface area contributed by atoms with Crippen molar-refractivity contribution in [1.82, 2.24) is 0 Å². The van der Waals surface area contributed by atoms with Gasteiger partial charge in [-0.05, 0) is 11.8 Å².